The molecular formula is C17H23N3S. The molecule has 112 valence electrons. The predicted molar refractivity (Wildman–Crippen MR) is 90.1 cm³/mol. The van der Waals surface area contributed by atoms with Crippen molar-refractivity contribution in [3.05, 3.63) is 46.3 Å². The van der Waals surface area contributed by atoms with Crippen molar-refractivity contribution in [1.29, 1.82) is 0 Å². The fourth-order valence-electron chi connectivity index (χ4n) is 2.95. The normalized spacial score (nSPS) is 17.9. The summed E-state index contributed by atoms with van der Waals surface area (Å²) >= 11 is 1.84. The third-order valence-corrected chi connectivity index (χ3v) is 5.20. The fraction of sp³-hybridized carbons (Fsp3) is 0.471. The third kappa shape index (κ3) is 3.63. The first kappa shape index (κ1) is 14.5. The van der Waals surface area contributed by atoms with Crippen LogP contribution in [0.5, 0.6) is 0 Å². The van der Waals surface area contributed by atoms with E-state index in [2.05, 4.69) is 64.8 Å². The lowest BCUT2D eigenvalue weighted by molar-refractivity contribution is 0.382. The topological polar surface area (TPSA) is 28.2 Å². The number of nitrogens with zero attached hydrogens (tertiary/aromatic N) is 2. The van der Waals surface area contributed by atoms with E-state index in [1.54, 1.807) is 0 Å². The lowest BCUT2D eigenvalue weighted by atomic mass is 10.0. The Balaban J connectivity index is 1.53. The quantitative estimate of drug-likeness (QED) is 0.931. The van der Waals surface area contributed by atoms with Gasteiger partial charge in [-0.1, -0.05) is 12.1 Å². The summed E-state index contributed by atoms with van der Waals surface area (Å²) in [6.45, 7) is 6.50. The SMILES string of the molecule is Cc1cccc(N2CCC(N[C@H](C)c3cccs3)CC2)n1. The van der Waals surface area contributed by atoms with Crippen molar-refractivity contribution < 1.29 is 0 Å². The van der Waals surface area contributed by atoms with Gasteiger partial charge in [0, 0.05) is 35.7 Å². The van der Waals surface area contributed by atoms with Crippen molar-refractivity contribution >= 4 is 17.2 Å². The molecule has 21 heavy (non-hydrogen) atoms. The Kier molecular flexibility index (Phi) is 4.56. The van der Waals surface area contributed by atoms with Crippen LogP contribution in [0.3, 0.4) is 0 Å². The van der Waals surface area contributed by atoms with Crippen LogP contribution in [0, 0.1) is 6.92 Å². The van der Waals surface area contributed by atoms with Gasteiger partial charge in [-0.2, -0.15) is 0 Å². The summed E-state index contributed by atoms with van der Waals surface area (Å²) in [5.74, 6) is 1.12. The number of pyridine rings is 1. The van der Waals surface area contributed by atoms with Crippen LogP contribution in [0.15, 0.2) is 35.7 Å². The molecule has 0 bridgehead atoms. The maximum absolute atomic E-state index is 4.63. The Morgan fingerprint density at radius 2 is 2.05 bits per heavy atom. The highest BCUT2D eigenvalue weighted by Gasteiger charge is 2.21. The summed E-state index contributed by atoms with van der Waals surface area (Å²) in [6.07, 6.45) is 2.37. The summed E-state index contributed by atoms with van der Waals surface area (Å²) in [5, 5.41) is 5.92. The lowest BCUT2D eigenvalue weighted by Crippen LogP contribution is -2.43. The first-order chi connectivity index (χ1) is 10.2. The number of hydrogen-bond acceptors (Lipinski definition) is 4. The maximum Gasteiger partial charge on any atom is 0.128 e. The van der Waals surface area contributed by atoms with E-state index in [-0.39, 0.29) is 0 Å². The zero-order valence-electron chi connectivity index (χ0n) is 12.7. The van der Waals surface area contributed by atoms with Crippen molar-refractivity contribution in [3.8, 4) is 0 Å². The van der Waals surface area contributed by atoms with E-state index in [0.717, 1.165) is 24.6 Å². The monoisotopic (exact) mass is 301 g/mol. The van der Waals surface area contributed by atoms with Crippen molar-refractivity contribution in [2.24, 2.45) is 0 Å². The van der Waals surface area contributed by atoms with Crippen molar-refractivity contribution in [2.45, 2.75) is 38.8 Å². The molecule has 1 saturated heterocycles. The Labute approximate surface area is 131 Å². The number of anilines is 1. The van der Waals surface area contributed by atoms with Gasteiger partial charge >= 0.3 is 0 Å². The second-order valence-corrected chi connectivity index (χ2v) is 6.78. The van der Waals surface area contributed by atoms with Crippen LogP contribution >= 0.6 is 11.3 Å². The van der Waals surface area contributed by atoms with Gasteiger partial charge in [0.1, 0.15) is 5.82 Å². The summed E-state index contributed by atoms with van der Waals surface area (Å²) in [5.41, 5.74) is 1.10. The molecule has 3 rings (SSSR count). The van der Waals surface area contributed by atoms with Crippen LogP contribution < -0.4 is 10.2 Å². The summed E-state index contributed by atoms with van der Waals surface area (Å²) in [6, 6.07) is 11.7. The molecule has 0 unspecified atom stereocenters. The van der Waals surface area contributed by atoms with E-state index in [1.807, 2.05) is 11.3 Å². The number of aryl methyl sites for hydroxylation is 1. The molecule has 1 fully saturated rings. The van der Waals surface area contributed by atoms with Gasteiger partial charge in [-0.15, -0.1) is 11.3 Å². The second kappa shape index (κ2) is 6.58. The van der Waals surface area contributed by atoms with Gasteiger partial charge in [0.15, 0.2) is 0 Å². The van der Waals surface area contributed by atoms with Gasteiger partial charge in [0.25, 0.3) is 0 Å². The predicted octanol–water partition coefficient (Wildman–Crippen LogP) is 3.77. The van der Waals surface area contributed by atoms with Crippen molar-refractivity contribution in [3.63, 3.8) is 0 Å². The first-order valence-electron chi connectivity index (χ1n) is 7.70. The van der Waals surface area contributed by atoms with Crippen molar-refractivity contribution in [1.82, 2.24) is 10.3 Å². The molecule has 0 amide bonds. The molecule has 0 spiro atoms. The largest absolute Gasteiger partial charge is 0.356 e. The Morgan fingerprint density at radius 3 is 2.71 bits per heavy atom. The average molecular weight is 301 g/mol. The molecule has 1 aliphatic heterocycles. The Bertz CT molecular complexity index is 559. The third-order valence-electron chi connectivity index (χ3n) is 4.15. The molecule has 1 N–H and O–H groups in total. The highest BCUT2D eigenvalue weighted by Crippen LogP contribution is 2.23. The lowest BCUT2D eigenvalue weighted by Gasteiger charge is -2.34. The number of piperidine rings is 1. The molecule has 1 aliphatic rings. The average Bonchev–Trinajstić information content (AvgIpc) is 3.02. The molecule has 0 aliphatic carbocycles. The summed E-state index contributed by atoms with van der Waals surface area (Å²) in [4.78, 5) is 8.46. The van der Waals surface area contributed by atoms with Gasteiger partial charge in [0.2, 0.25) is 0 Å². The first-order valence-corrected chi connectivity index (χ1v) is 8.58. The number of nitrogens with one attached hydrogen (secondary N) is 1. The molecule has 2 aromatic rings. The zero-order valence-corrected chi connectivity index (χ0v) is 13.6. The van der Waals surface area contributed by atoms with Crippen LogP contribution in [-0.2, 0) is 0 Å². The van der Waals surface area contributed by atoms with Crippen molar-refractivity contribution in [2.75, 3.05) is 18.0 Å². The van der Waals surface area contributed by atoms with E-state index in [1.165, 1.54) is 17.7 Å². The summed E-state index contributed by atoms with van der Waals surface area (Å²) in [7, 11) is 0. The van der Waals surface area contributed by atoms with Crippen LogP contribution in [0.1, 0.15) is 36.4 Å². The molecule has 0 radical (unpaired) electrons. The highest BCUT2D eigenvalue weighted by molar-refractivity contribution is 7.10. The second-order valence-electron chi connectivity index (χ2n) is 5.80. The molecule has 4 heteroatoms. The number of rotatable bonds is 4. The Morgan fingerprint density at radius 1 is 1.24 bits per heavy atom. The smallest absolute Gasteiger partial charge is 0.128 e. The van der Waals surface area contributed by atoms with E-state index in [9.17, 15) is 0 Å². The van der Waals surface area contributed by atoms with Crippen LogP contribution in [0.4, 0.5) is 5.82 Å². The zero-order chi connectivity index (χ0) is 14.7. The number of aromatic nitrogens is 1. The van der Waals surface area contributed by atoms with Gasteiger partial charge in [-0.05, 0) is 50.3 Å². The Hall–Kier alpha value is -1.39. The number of thiophene rings is 1. The van der Waals surface area contributed by atoms with Gasteiger partial charge < -0.3 is 10.2 Å². The minimum absolute atomic E-state index is 0.457. The molecule has 3 heterocycles. The molecule has 3 nitrogen and oxygen atoms in total. The summed E-state index contributed by atoms with van der Waals surface area (Å²) < 4.78 is 0. The fourth-order valence-corrected chi connectivity index (χ4v) is 3.70. The minimum Gasteiger partial charge on any atom is -0.356 e. The maximum atomic E-state index is 4.63. The number of hydrogen-bond donors (Lipinski definition) is 1. The van der Waals surface area contributed by atoms with E-state index >= 15 is 0 Å². The molecule has 2 aromatic heterocycles. The molecule has 0 saturated carbocycles. The van der Waals surface area contributed by atoms with Crippen LogP contribution in [-0.4, -0.2) is 24.1 Å². The standard InChI is InChI=1S/C17H23N3S/c1-13-5-3-7-17(18-13)20-10-8-15(9-11-20)19-14(2)16-6-4-12-21-16/h3-7,12,14-15,19H,8-11H2,1-2H3/t14-/m1/s1. The van der Waals surface area contributed by atoms with E-state index < -0.39 is 0 Å². The molecule has 0 aromatic carbocycles. The van der Waals surface area contributed by atoms with Crippen LogP contribution in [0.25, 0.3) is 0 Å². The van der Waals surface area contributed by atoms with Gasteiger partial charge in [0.05, 0.1) is 0 Å². The van der Waals surface area contributed by atoms with E-state index in [0.29, 0.717) is 12.1 Å². The minimum atomic E-state index is 0.457. The van der Waals surface area contributed by atoms with Crippen LogP contribution in [0.2, 0.25) is 0 Å². The molecular weight excluding hydrogens is 278 g/mol. The molecule has 1 atom stereocenters. The van der Waals surface area contributed by atoms with E-state index in [4.69, 9.17) is 0 Å². The van der Waals surface area contributed by atoms with Gasteiger partial charge in [-0.25, -0.2) is 4.98 Å². The van der Waals surface area contributed by atoms with Gasteiger partial charge in [-0.3, -0.25) is 0 Å². The highest BCUT2D eigenvalue weighted by atomic mass is 32.1.